The Bertz CT molecular complexity index is 410. The molecule has 0 atom stereocenters. The molecule has 0 aliphatic heterocycles. The number of hydrogen-bond acceptors (Lipinski definition) is 3. The van der Waals surface area contributed by atoms with Gasteiger partial charge in [-0.3, -0.25) is 0 Å². The molecule has 0 saturated heterocycles. The molecule has 1 heterocycles. The molecule has 1 aromatic rings. The Balaban J connectivity index is 3.47. The Labute approximate surface area is 78.7 Å². The van der Waals surface area contributed by atoms with Crippen LogP contribution in [0.15, 0.2) is 17.3 Å². The van der Waals surface area contributed by atoms with Crippen molar-refractivity contribution in [2.45, 2.75) is 25.3 Å². The van der Waals surface area contributed by atoms with Crippen LogP contribution in [0.5, 0.6) is 0 Å². The zero-order chi connectivity index (χ0) is 10.1. The number of aromatic nitrogens is 1. The van der Waals surface area contributed by atoms with Crippen molar-refractivity contribution < 1.29 is 8.42 Å². The Morgan fingerprint density at radius 3 is 2.46 bits per heavy atom. The van der Waals surface area contributed by atoms with Gasteiger partial charge in [-0.1, -0.05) is 6.92 Å². The molecule has 72 valence electrons. The lowest BCUT2D eigenvalue weighted by Gasteiger charge is -2.06. The second kappa shape index (κ2) is 3.46. The van der Waals surface area contributed by atoms with E-state index in [1.807, 2.05) is 19.9 Å². The molecule has 0 amide bonds. The smallest absolute Gasteiger partial charge is 0.193 e. The lowest BCUT2D eigenvalue weighted by Crippen LogP contribution is -2.06. The highest BCUT2D eigenvalue weighted by Gasteiger charge is 2.14. The maximum absolute atomic E-state index is 11.3. The highest BCUT2D eigenvalue weighted by atomic mass is 32.2. The summed E-state index contributed by atoms with van der Waals surface area (Å²) >= 11 is 0. The van der Waals surface area contributed by atoms with E-state index in [2.05, 4.69) is 4.98 Å². The van der Waals surface area contributed by atoms with Gasteiger partial charge in [-0.05, 0) is 30.5 Å². The van der Waals surface area contributed by atoms with Crippen molar-refractivity contribution in [2.75, 3.05) is 6.26 Å². The van der Waals surface area contributed by atoms with E-state index in [9.17, 15) is 8.42 Å². The normalized spacial score (nSPS) is 11.6. The molecule has 1 rings (SSSR count). The fourth-order valence-corrected chi connectivity index (χ4v) is 2.32. The van der Waals surface area contributed by atoms with Crippen LogP contribution in [0.1, 0.15) is 18.1 Å². The molecule has 0 aliphatic carbocycles. The molecule has 1 aromatic heterocycles. The molecule has 0 saturated carbocycles. The van der Waals surface area contributed by atoms with Crippen LogP contribution in [0.2, 0.25) is 0 Å². The van der Waals surface area contributed by atoms with Gasteiger partial charge in [-0.15, -0.1) is 0 Å². The topological polar surface area (TPSA) is 47.0 Å². The summed E-state index contributed by atoms with van der Waals surface area (Å²) < 4.78 is 22.6. The summed E-state index contributed by atoms with van der Waals surface area (Å²) in [5.41, 5.74) is 1.81. The molecule has 0 N–H and O–H groups in total. The number of nitrogens with zero attached hydrogens (tertiary/aromatic N) is 1. The number of aryl methyl sites for hydroxylation is 1. The predicted molar refractivity (Wildman–Crippen MR) is 51.5 cm³/mol. The van der Waals surface area contributed by atoms with Gasteiger partial charge in [-0.2, -0.15) is 0 Å². The van der Waals surface area contributed by atoms with Crippen LogP contribution in [0.3, 0.4) is 0 Å². The Morgan fingerprint density at radius 1 is 1.46 bits per heavy atom. The van der Waals surface area contributed by atoms with E-state index in [1.54, 1.807) is 0 Å². The van der Waals surface area contributed by atoms with E-state index >= 15 is 0 Å². The van der Waals surface area contributed by atoms with Gasteiger partial charge in [0.2, 0.25) is 0 Å². The van der Waals surface area contributed by atoms with E-state index in [1.165, 1.54) is 12.5 Å². The van der Waals surface area contributed by atoms with Gasteiger partial charge in [0.05, 0.1) is 0 Å². The molecule has 0 aliphatic rings. The third-order valence-electron chi connectivity index (χ3n) is 1.96. The summed E-state index contributed by atoms with van der Waals surface area (Å²) in [6.07, 6.45) is 3.42. The van der Waals surface area contributed by atoms with Crippen molar-refractivity contribution in [3.63, 3.8) is 0 Å². The number of pyridine rings is 1. The molecule has 3 nitrogen and oxygen atoms in total. The number of sulfone groups is 1. The zero-order valence-corrected chi connectivity index (χ0v) is 8.85. The Kier molecular flexibility index (Phi) is 2.71. The zero-order valence-electron chi connectivity index (χ0n) is 8.03. The van der Waals surface area contributed by atoms with E-state index in [4.69, 9.17) is 0 Å². The fourth-order valence-electron chi connectivity index (χ4n) is 1.31. The lowest BCUT2D eigenvalue weighted by molar-refractivity contribution is 0.596. The molecule has 0 bridgehead atoms. The SMILES string of the molecule is CCc1c(C)ccnc1S(C)(=O)=O. The first-order chi connectivity index (χ1) is 5.96. The van der Waals surface area contributed by atoms with Crippen LogP contribution in [-0.2, 0) is 16.3 Å². The highest BCUT2D eigenvalue weighted by molar-refractivity contribution is 7.90. The van der Waals surface area contributed by atoms with Crippen LogP contribution in [0.25, 0.3) is 0 Å². The molecule has 0 aromatic carbocycles. The summed E-state index contributed by atoms with van der Waals surface area (Å²) in [5, 5.41) is 0.218. The van der Waals surface area contributed by atoms with Crippen molar-refractivity contribution in [1.29, 1.82) is 0 Å². The summed E-state index contributed by atoms with van der Waals surface area (Å²) in [6.45, 7) is 3.83. The first-order valence-corrected chi connectivity index (χ1v) is 6.00. The summed E-state index contributed by atoms with van der Waals surface area (Å²) in [7, 11) is -3.18. The maximum atomic E-state index is 11.3. The van der Waals surface area contributed by atoms with Crippen LogP contribution in [-0.4, -0.2) is 19.7 Å². The first-order valence-electron chi connectivity index (χ1n) is 4.11. The molecule has 13 heavy (non-hydrogen) atoms. The summed E-state index contributed by atoms with van der Waals surface area (Å²) in [5.74, 6) is 0. The molecular formula is C9H13NO2S. The number of hydrogen-bond donors (Lipinski definition) is 0. The minimum atomic E-state index is -3.18. The largest absolute Gasteiger partial charge is 0.244 e. The van der Waals surface area contributed by atoms with Gasteiger partial charge in [0.1, 0.15) is 0 Å². The predicted octanol–water partition coefficient (Wildman–Crippen LogP) is 1.36. The van der Waals surface area contributed by atoms with Gasteiger partial charge < -0.3 is 0 Å². The third kappa shape index (κ3) is 2.06. The van der Waals surface area contributed by atoms with E-state index in [0.717, 1.165) is 11.1 Å². The van der Waals surface area contributed by atoms with E-state index < -0.39 is 9.84 Å². The van der Waals surface area contributed by atoms with Gasteiger partial charge in [0, 0.05) is 12.5 Å². The van der Waals surface area contributed by atoms with Crippen molar-refractivity contribution in [3.05, 3.63) is 23.4 Å². The highest BCUT2D eigenvalue weighted by Crippen LogP contribution is 2.16. The van der Waals surface area contributed by atoms with Crippen molar-refractivity contribution in [1.82, 2.24) is 4.98 Å². The van der Waals surface area contributed by atoms with Crippen LogP contribution >= 0.6 is 0 Å². The average Bonchev–Trinajstić information content (AvgIpc) is 2.02. The molecule has 0 spiro atoms. The van der Waals surface area contributed by atoms with Crippen molar-refractivity contribution in [2.24, 2.45) is 0 Å². The minimum Gasteiger partial charge on any atom is -0.244 e. The second-order valence-electron chi connectivity index (χ2n) is 3.04. The minimum absolute atomic E-state index is 0.218. The van der Waals surface area contributed by atoms with Gasteiger partial charge >= 0.3 is 0 Å². The molecular weight excluding hydrogens is 186 g/mol. The van der Waals surface area contributed by atoms with Crippen LogP contribution < -0.4 is 0 Å². The Morgan fingerprint density at radius 2 is 2.08 bits per heavy atom. The van der Waals surface area contributed by atoms with Gasteiger partial charge in [0.15, 0.2) is 14.9 Å². The summed E-state index contributed by atoms with van der Waals surface area (Å²) in [4.78, 5) is 3.89. The van der Waals surface area contributed by atoms with E-state index in [0.29, 0.717) is 6.42 Å². The second-order valence-corrected chi connectivity index (χ2v) is 4.97. The van der Waals surface area contributed by atoms with Crippen molar-refractivity contribution >= 4 is 9.84 Å². The van der Waals surface area contributed by atoms with Gasteiger partial charge in [-0.25, -0.2) is 13.4 Å². The fraction of sp³-hybridized carbons (Fsp3) is 0.444. The quantitative estimate of drug-likeness (QED) is 0.722. The monoisotopic (exact) mass is 199 g/mol. The lowest BCUT2D eigenvalue weighted by atomic mass is 10.1. The average molecular weight is 199 g/mol. The summed E-state index contributed by atoms with van der Waals surface area (Å²) in [6, 6.07) is 1.83. The van der Waals surface area contributed by atoms with Crippen LogP contribution in [0.4, 0.5) is 0 Å². The van der Waals surface area contributed by atoms with Crippen LogP contribution in [0, 0.1) is 6.92 Å². The van der Waals surface area contributed by atoms with Gasteiger partial charge in [0.25, 0.3) is 0 Å². The van der Waals surface area contributed by atoms with Crippen molar-refractivity contribution in [3.8, 4) is 0 Å². The van der Waals surface area contributed by atoms with E-state index in [-0.39, 0.29) is 5.03 Å². The molecule has 0 radical (unpaired) electrons. The standard InChI is InChI=1S/C9H13NO2S/c1-4-8-7(2)5-6-10-9(8)13(3,11)12/h5-6H,4H2,1-3H3. The number of rotatable bonds is 2. The molecule has 0 unspecified atom stereocenters. The maximum Gasteiger partial charge on any atom is 0.193 e. The molecule has 4 heteroatoms. The molecule has 0 fully saturated rings. The Hall–Kier alpha value is -0.900. The third-order valence-corrected chi connectivity index (χ3v) is 3.01. The first kappa shape index (κ1) is 10.2.